The molecule has 0 radical (unpaired) electrons. The van der Waals surface area contributed by atoms with E-state index in [4.69, 9.17) is 29.2 Å². The van der Waals surface area contributed by atoms with Gasteiger partial charge in [0, 0.05) is 34.4 Å². The van der Waals surface area contributed by atoms with Gasteiger partial charge in [0.25, 0.3) is 0 Å². The van der Waals surface area contributed by atoms with Crippen molar-refractivity contribution in [2.75, 3.05) is 27.4 Å². The van der Waals surface area contributed by atoms with Gasteiger partial charge in [0.2, 0.25) is 0 Å². The molecule has 4 rings (SSSR count). The number of hydrogen-bond donors (Lipinski definition) is 2. The molecule has 42 heavy (non-hydrogen) atoms. The average molecular weight is 613 g/mol. The molecule has 0 amide bonds. The van der Waals surface area contributed by atoms with Crippen LogP contribution in [0.15, 0.2) is 48.6 Å². The van der Waals surface area contributed by atoms with Crippen LogP contribution < -0.4 is 18.9 Å². The number of carbonyl (C=O) groups excluding carboxylic acids is 2. The molecule has 2 aromatic carbocycles. The van der Waals surface area contributed by atoms with Crippen LogP contribution in [0.3, 0.4) is 0 Å². The molecule has 0 fully saturated rings. The van der Waals surface area contributed by atoms with Crippen LogP contribution in [0.2, 0.25) is 0 Å². The molecule has 0 bridgehead atoms. The van der Waals surface area contributed by atoms with E-state index in [9.17, 15) is 19.2 Å². The third-order valence-electron chi connectivity index (χ3n) is 6.12. The van der Waals surface area contributed by atoms with E-state index in [2.05, 4.69) is 0 Å². The van der Waals surface area contributed by atoms with Crippen molar-refractivity contribution in [2.45, 2.75) is 25.7 Å². The Bertz CT molecular complexity index is 1540. The van der Waals surface area contributed by atoms with Crippen molar-refractivity contribution in [1.82, 2.24) is 0 Å². The van der Waals surface area contributed by atoms with Gasteiger partial charge in [0.1, 0.15) is 13.2 Å². The van der Waals surface area contributed by atoms with Gasteiger partial charge >= 0.3 is 11.9 Å². The number of aliphatic carboxylic acids is 2. The lowest BCUT2D eigenvalue weighted by Gasteiger charge is -2.10. The summed E-state index contributed by atoms with van der Waals surface area (Å²) >= 11 is 2.56. The average Bonchev–Trinajstić information content (AvgIpc) is 3.58. The normalized spacial score (nSPS) is 11.2. The molecule has 0 aliphatic rings. The fourth-order valence-electron chi connectivity index (χ4n) is 4.01. The number of ketones is 2. The fourth-order valence-corrected chi connectivity index (χ4v) is 6.09. The van der Waals surface area contributed by atoms with Gasteiger partial charge in [-0.3, -0.25) is 19.2 Å². The highest BCUT2D eigenvalue weighted by molar-refractivity contribution is 7.21. The molecule has 10 nitrogen and oxygen atoms in total. The minimum Gasteiger partial charge on any atom is -0.493 e. The van der Waals surface area contributed by atoms with Gasteiger partial charge in [-0.2, -0.15) is 0 Å². The molecule has 0 aliphatic heterocycles. The van der Waals surface area contributed by atoms with E-state index in [0.29, 0.717) is 32.8 Å². The molecule has 2 aromatic heterocycles. The lowest BCUT2D eigenvalue weighted by molar-refractivity contribution is -0.137. The van der Waals surface area contributed by atoms with Crippen LogP contribution in [-0.4, -0.2) is 61.2 Å². The van der Waals surface area contributed by atoms with Crippen LogP contribution in [0.1, 0.15) is 45.0 Å². The molecule has 0 spiro atoms. The van der Waals surface area contributed by atoms with Gasteiger partial charge < -0.3 is 29.2 Å². The zero-order valence-electron chi connectivity index (χ0n) is 22.8. The molecule has 2 heterocycles. The van der Waals surface area contributed by atoms with Crippen molar-refractivity contribution in [2.24, 2.45) is 0 Å². The predicted octanol–water partition coefficient (Wildman–Crippen LogP) is 6.24. The summed E-state index contributed by atoms with van der Waals surface area (Å²) in [6, 6.07) is 10.6. The number of fused-ring (bicyclic) bond motifs is 2. The summed E-state index contributed by atoms with van der Waals surface area (Å²) in [6.07, 6.45) is 3.03. The molecule has 2 N–H and O–H groups in total. The molecular weight excluding hydrogens is 584 g/mol. The summed E-state index contributed by atoms with van der Waals surface area (Å²) in [4.78, 5) is 47.2. The van der Waals surface area contributed by atoms with Crippen molar-refractivity contribution in [3.05, 3.63) is 58.3 Å². The number of rotatable bonds is 16. The van der Waals surface area contributed by atoms with Crippen LogP contribution in [0, 0.1) is 0 Å². The predicted molar refractivity (Wildman–Crippen MR) is 159 cm³/mol. The van der Waals surface area contributed by atoms with E-state index >= 15 is 0 Å². The second-order valence-corrected chi connectivity index (χ2v) is 11.2. The minimum atomic E-state index is -1.01. The zero-order valence-corrected chi connectivity index (χ0v) is 24.5. The lowest BCUT2D eigenvalue weighted by atomic mass is 10.1. The number of carbonyl (C=O) groups is 4. The Hall–Kier alpha value is -4.42. The van der Waals surface area contributed by atoms with E-state index in [-0.39, 0.29) is 50.5 Å². The van der Waals surface area contributed by atoms with Gasteiger partial charge in [-0.05, 0) is 47.2 Å². The number of benzene rings is 2. The van der Waals surface area contributed by atoms with E-state index in [0.717, 1.165) is 20.2 Å². The summed E-state index contributed by atoms with van der Waals surface area (Å²) in [5, 5.41) is 19.3. The monoisotopic (exact) mass is 612 g/mol. The fraction of sp³-hybridized carbons (Fsp3) is 0.267. The summed E-state index contributed by atoms with van der Waals surface area (Å²) in [5.74, 6) is -0.458. The molecule has 12 heteroatoms. The first-order valence-corrected chi connectivity index (χ1v) is 14.5. The Kier molecular flexibility index (Phi) is 10.2. The number of hydrogen-bond acceptors (Lipinski definition) is 10. The summed E-state index contributed by atoms with van der Waals surface area (Å²) in [7, 11) is 3.05. The van der Waals surface area contributed by atoms with E-state index < -0.39 is 11.9 Å². The van der Waals surface area contributed by atoms with E-state index in [1.807, 2.05) is 0 Å². The van der Waals surface area contributed by atoms with Crippen molar-refractivity contribution in [3.8, 4) is 23.0 Å². The molecule has 4 aromatic rings. The van der Waals surface area contributed by atoms with Crippen LogP contribution in [0.25, 0.3) is 20.2 Å². The molecule has 0 aliphatic carbocycles. The summed E-state index contributed by atoms with van der Waals surface area (Å²) in [6.45, 7) is 0.449. The van der Waals surface area contributed by atoms with Crippen LogP contribution >= 0.6 is 22.7 Å². The Morgan fingerprint density at radius 1 is 0.619 bits per heavy atom. The maximum atomic E-state index is 12.3. The number of carboxylic acids is 2. The molecule has 0 saturated heterocycles. The molecule has 220 valence electrons. The molecule has 0 unspecified atom stereocenters. The minimum absolute atomic E-state index is 0.0577. The van der Waals surface area contributed by atoms with Gasteiger partial charge in [0.05, 0.1) is 36.8 Å². The quantitative estimate of drug-likeness (QED) is 0.110. The van der Waals surface area contributed by atoms with Crippen molar-refractivity contribution >= 4 is 66.4 Å². The van der Waals surface area contributed by atoms with Gasteiger partial charge in [0.15, 0.2) is 34.6 Å². The number of Topliss-reactive ketones (excluding diaryl/α,β-unsaturated/α-hetero) is 2. The van der Waals surface area contributed by atoms with Crippen LogP contribution in [-0.2, 0) is 9.59 Å². The number of ether oxygens (including phenoxy) is 4. The first-order chi connectivity index (χ1) is 20.2. The third kappa shape index (κ3) is 7.65. The van der Waals surface area contributed by atoms with E-state index in [1.54, 1.807) is 48.6 Å². The first-order valence-electron chi connectivity index (χ1n) is 12.8. The molecular formula is C30H28O10S2. The Balaban J connectivity index is 1.36. The SMILES string of the molecule is COc1cc2sc(C(=O)CCC(=O)O)cc2cc1OC/C=C\COc1cc2cc(C(=O)CCC(=O)O)sc2cc1OC. The second kappa shape index (κ2) is 14.0. The summed E-state index contributed by atoms with van der Waals surface area (Å²) < 4.78 is 24.3. The number of methoxy groups -OCH3 is 2. The largest absolute Gasteiger partial charge is 0.493 e. The molecule has 0 atom stereocenters. The van der Waals surface area contributed by atoms with Crippen molar-refractivity contribution < 1.29 is 48.3 Å². The lowest BCUT2D eigenvalue weighted by Crippen LogP contribution is -2.01. The van der Waals surface area contributed by atoms with Crippen LogP contribution in [0.5, 0.6) is 23.0 Å². The Labute approximate surface area is 248 Å². The van der Waals surface area contributed by atoms with E-state index in [1.165, 1.54) is 36.9 Å². The Morgan fingerprint density at radius 2 is 1.02 bits per heavy atom. The molecule has 0 saturated carbocycles. The highest BCUT2D eigenvalue weighted by atomic mass is 32.1. The third-order valence-corrected chi connectivity index (χ3v) is 8.40. The maximum Gasteiger partial charge on any atom is 0.303 e. The Morgan fingerprint density at radius 3 is 1.38 bits per heavy atom. The highest BCUT2D eigenvalue weighted by Crippen LogP contribution is 2.38. The van der Waals surface area contributed by atoms with Gasteiger partial charge in [-0.25, -0.2) is 0 Å². The first kappa shape index (κ1) is 30.5. The summed E-state index contributed by atoms with van der Waals surface area (Å²) in [5.41, 5.74) is 0. The van der Waals surface area contributed by atoms with Crippen LogP contribution in [0.4, 0.5) is 0 Å². The zero-order chi connectivity index (χ0) is 30.2. The van der Waals surface area contributed by atoms with Crippen molar-refractivity contribution in [3.63, 3.8) is 0 Å². The van der Waals surface area contributed by atoms with Gasteiger partial charge in [-0.1, -0.05) is 0 Å². The van der Waals surface area contributed by atoms with Crippen molar-refractivity contribution in [1.29, 1.82) is 0 Å². The topological polar surface area (TPSA) is 146 Å². The number of carboxylic acid groups (broad SMARTS) is 2. The van der Waals surface area contributed by atoms with Gasteiger partial charge in [-0.15, -0.1) is 22.7 Å². The maximum absolute atomic E-state index is 12.3. The number of thiophene rings is 2. The smallest absolute Gasteiger partial charge is 0.303 e. The standard InChI is InChI=1S/C30H28O10S2/c1-37-21-15-25-17(13-27(41-25)19(31)5-7-29(33)34)11-23(21)39-9-3-4-10-40-24-12-18-14-28(20(32)6-8-30(35)36)42-26(18)16-22(24)38-2/h3-4,11-16H,5-10H2,1-2H3,(H,33,34)(H,35,36)/b4-3-. The second-order valence-electron chi connectivity index (χ2n) is 9.03. The highest BCUT2D eigenvalue weighted by Gasteiger charge is 2.16.